The molecule has 0 aliphatic carbocycles. The van der Waals surface area contributed by atoms with Gasteiger partial charge in [0.15, 0.2) is 0 Å². The number of piperidine rings is 1. The van der Waals surface area contributed by atoms with E-state index in [2.05, 4.69) is 0 Å². The number of halogens is 2. The molecule has 0 radical (unpaired) electrons. The van der Waals surface area contributed by atoms with Gasteiger partial charge in [-0.3, -0.25) is 4.79 Å². The van der Waals surface area contributed by atoms with Gasteiger partial charge in [-0.2, -0.15) is 0 Å². The van der Waals surface area contributed by atoms with Crippen LogP contribution in [0.5, 0.6) is 0 Å². The third-order valence-electron chi connectivity index (χ3n) is 4.02. The molecule has 2 aromatic rings. The van der Waals surface area contributed by atoms with Crippen LogP contribution in [0.25, 0.3) is 10.1 Å². The number of alkyl halides is 1. The maximum Gasteiger partial charge on any atom is 0.263 e. The van der Waals surface area contributed by atoms with E-state index < -0.39 is 0 Å². The Morgan fingerprint density at radius 1 is 1.43 bits per heavy atom. The van der Waals surface area contributed by atoms with Crippen LogP contribution in [0.15, 0.2) is 24.3 Å². The summed E-state index contributed by atoms with van der Waals surface area (Å²) in [6.45, 7) is 1.59. The molecule has 1 aromatic carbocycles. The molecule has 1 amide bonds. The van der Waals surface area contributed by atoms with E-state index in [1.165, 1.54) is 23.5 Å². The summed E-state index contributed by atoms with van der Waals surface area (Å²) < 4.78 is 14.1. The maximum absolute atomic E-state index is 13.2. The van der Waals surface area contributed by atoms with Gasteiger partial charge in [0.2, 0.25) is 0 Å². The largest absolute Gasteiger partial charge is 0.338 e. The summed E-state index contributed by atoms with van der Waals surface area (Å²) in [6.07, 6.45) is 3.14. The van der Waals surface area contributed by atoms with Gasteiger partial charge in [0.25, 0.3) is 5.91 Å². The van der Waals surface area contributed by atoms with Crippen molar-refractivity contribution in [3.05, 3.63) is 35.0 Å². The molecule has 1 unspecified atom stereocenters. The predicted molar refractivity (Wildman–Crippen MR) is 85.7 cm³/mol. The summed E-state index contributed by atoms with van der Waals surface area (Å²) in [5.41, 5.74) is 0. The molecule has 1 aliphatic rings. The van der Waals surface area contributed by atoms with Crippen molar-refractivity contribution in [2.75, 3.05) is 19.0 Å². The van der Waals surface area contributed by atoms with Crippen molar-refractivity contribution in [2.24, 2.45) is 5.92 Å². The number of amides is 1. The van der Waals surface area contributed by atoms with Crippen molar-refractivity contribution >= 4 is 38.9 Å². The lowest BCUT2D eigenvalue weighted by Gasteiger charge is -2.32. The molecule has 0 bridgehead atoms. The van der Waals surface area contributed by atoms with Crippen LogP contribution in [0.4, 0.5) is 4.39 Å². The summed E-state index contributed by atoms with van der Waals surface area (Å²) in [4.78, 5) is 15.2. The number of carbonyl (C=O) groups is 1. The minimum Gasteiger partial charge on any atom is -0.338 e. The van der Waals surface area contributed by atoms with Gasteiger partial charge in [0.05, 0.1) is 4.88 Å². The molecule has 3 rings (SSSR count). The monoisotopic (exact) mass is 325 g/mol. The molecule has 1 fully saturated rings. The molecule has 5 heteroatoms. The number of nitrogens with zero attached hydrogens (tertiary/aromatic N) is 1. The van der Waals surface area contributed by atoms with Gasteiger partial charge >= 0.3 is 0 Å². The van der Waals surface area contributed by atoms with Gasteiger partial charge in [-0.05, 0) is 48.8 Å². The summed E-state index contributed by atoms with van der Waals surface area (Å²) in [7, 11) is 0. The minimum absolute atomic E-state index is 0.0656. The number of likely N-dealkylation sites (tertiary alicyclic amines) is 1. The Morgan fingerprint density at radius 3 is 3.10 bits per heavy atom. The van der Waals surface area contributed by atoms with E-state index in [9.17, 15) is 9.18 Å². The van der Waals surface area contributed by atoms with Crippen molar-refractivity contribution in [1.29, 1.82) is 0 Å². The van der Waals surface area contributed by atoms with Gasteiger partial charge in [-0.1, -0.05) is 6.07 Å². The molecule has 1 atom stereocenters. The fraction of sp³-hybridized carbons (Fsp3) is 0.438. The van der Waals surface area contributed by atoms with E-state index in [1.54, 1.807) is 6.07 Å². The average Bonchev–Trinajstić information content (AvgIpc) is 2.90. The fourth-order valence-corrected chi connectivity index (χ4v) is 4.27. The zero-order chi connectivity index (χ0) is 14.8. The van der Waals surface area contributed by atoms with Crippen LogP contribution in [0, 0.1) is 11.7 Å². The van der Waals surface area contributed by atoms with Gasteiger partial charge in [-0.25, -0.2) is 4.39 Å². The normalized spacial score (nSPS) is 19.1. The topological polar surface area (TPSA) is 20.3 Å². The molecule has 1 aromatic heterocycles. The van der Waals surface area contributed by atoms with E-state index in [1.807, 2.05) is 11.0 Å². The average molecular weight is 326 g/mol. The molecule has 0 spiro atoms. The Kier molecular flexibility index (Phi) is 4.45. The minimum atomic E-state index is -0.261. The standard InChI is InChI=1S/C16H17ClFNOS/c17-6-5-11-2-1-7-19(10-11)16(20)15-8-12-3-4-13(18)9-14(12)21-15/h3-4,8-9,11H,1-2,5-7,10H2. The highest BCUT2D eigenvalue weighted by Crippen LogP contribution is 2.29. The van der Waals surface area contributed by atoms with E-state index in [-0.39, 0.29) is 11.7 Å². The lowest BCUT2D eigenvalue weighted by atomic mass is 9.95. The van der Waals surface area contributed by atoms with Crippen LogP contribution >= 0.6 is 22.9 Å². The molecule has 112 valence electrons. The zero-order valence-electron chi connectivity index (χ0n) is 11.6. The van der Waals surface area contributed by atoms with Crippen molar-refractivity contribution < 1.29 is 9.18 Å². The molecule has 2 nitrogen and oxygen atoms in total. The summed E-state index contributed by atoms with van der Waals surface area (Å²) in [5.74, 6) is 0.959. The quantitative estimate of drug-likeness (QED) is 0.760. The van der Waals surface area contributed by atoms with E-state index >= 15 is 0 Å². The molecule has 21 heavy (non-hydrogen) atoms. The smallest absolute Gasteiger partial charge is 0.263 e. The van der Waals surface area contributed by atoms with Crippen molar-refractivity contribution in [3.8, 4) is 0 Å². The SMILES string of the molecule is O=C(c1cc2ccc(F)cc2s1)N1CCCC(CCCl)C1. The number of rotatable bonds is 3. The molecule has 1 aliphatic heterocycles. The lowest BCUT2D eigenvalue weighted by molar-refractivity contribution is 0.0676. The van der Waals surface area contributed by atoms with Crippen molar-refractivity contribution in [1.82, 2.24) is 4.90 Å². The number of hydrogen-bond donors (Lipinski definition) is 0. The van der Waals surface area contributed by atoms with Crippen LogP contribution < -0.4 is 0 Å². The Morgan fingerprint density at radius 2 is 2.29 bits per heavy atom. The highest BCUT2D eigenvalue weighted by Gasteiger charge is 2.25. The Hall–Kier alpha value is -1.13. The van der Waals surface area contributed by atoms with Crippen LogP contribution in [0.1, 0.15) is 28.9 Å². The Bertz CT molecular complexity index is 655. The predicted octanol–water partition coefficient (Wildman–Crippen LogP) is 4.52. The second-order valence-corrected chi connectivity index (χ2v) is 6.99. The van der Waals surface area contributed by atoms with E-state index in [0.29, 0.717) is 16.7 Å². The second kappa shape index (κ2) is 6.32. The maximum atomic E-state index is 13.2. The number of fused-ring (bicyclic) bond motifs is 1. The number of hydrogen-bond acceptors (Lipinski definition) is 2. The molecule has 2 heterocycles. The van der Waals surface area contributed by atoms with E-state index in [0.717, 1.165) is 42.4 Å². The second-order valence-electron chi connectivity index (χ2n) is 5.53. The van der Waals surface area contributed by atoms with Crippen LogP contribution in [-0.2, 0) is 0 Å². The first kappa shape index (κ1) is 14.8. The van der Waals surface area contributed by atoms with Crippen molar-refractivity contribution in [3.63, 3.8) is 0 Å². The molecule has 0 N–H and O–H groups in total. The zero-order valence-corrected chi connectivity index (χ0v) is 13.2. The number of thiophene rings is 1. The first-order chi connectivity index (χ1) is 10.2. The number of benzene rings is 1. The summed E-state index contributed by atoms with van der Waals surface area (Å²) in [6, 6.07) is 6.52. The van der Waals surface area contributed by atoms with Gasteiger partial charge in [0, 0.05) is 23.7 Å². The Balaban J connectivity index is 1.79. The third-order valence-corrected chi connectivity index (χ3v) is 5.32. The third kappa shape index (κ3) is 3.22. The fourth-order valence-electron chi connectivity index (χ4n) is 2.91. The number of carbonyl (C=O) groups excluding carboxylic acids is 1. The molecule has 0 saturated carbocycles. The van der Waals surface area contributed by atoms with Gasteiger partial charge in [0.1, 0.15) is 5.82 Å². The van der Waals surface area contributed by atoms with Crippen LogP contribution in [0.3, 0.4) is 0 Å². The summed E-state index contributed by atoms with van der Waals surface area (Å²) >= 11 is 7.18. The first-order valence-corrected chi connectivity index (χ1v) is 8.57. The summed E-state index contributed by atoms with van der Waals surface area (Å²) in [5, 5.41) is 0.930. The molecular formula is C16H17ClFNOS. The van der Waals surface area contributed by atoms with E-state index in [4.69, 9.17) is 11.6 Å². The highest BCUT2D eigenvalue weighted by atomic mass is 35.5. The Labute approximate surface area is 132 Å². The molecular weight excluding hydrogens is 309 g/mol. The molecule has 1 saturated heterocycles. The van der Waals surface area contributed by atoms with Gasteiger partial charge in [-0.15, -0.1) is 22.9 Å². The lowest BCUT2D eigenvalue weighted by Crippen LogP contribution is -2.39. The van der Waals surface area contributed by atoms with Crippen LogP contribution in [-0.4, -0.2) is 29.8 Å². The van der Waals surface area contributed by atoms with Gasteiger partial charge < -0.3 is 4.90 Å². The first-order valence-electron chi connectivity index (χ1n) is 7.21. The van der Waals surface area contributed by atoms with Crippen LogP contribution in [0.2, 0.25) is 0 Å². The van der Waals surface area contributed by atoms with Crippen molar-refractivity contribution in [2.45, 2.75) is 19.3 Å². The highest BCUT2D eigenvalue weighted by molar-refractivity contribution is 7.20.